The first kappa shape index (κ1) is 15.5. The molecule has 0 atom stereocenters. The van der Waals surface area contributed by atoms with E-state index in [1.54, 1.807) is 7.11 Å². The fourth-order valence-corrected chi connectivity index (χ4v) is 3.54. The van der Waals surface area contributed by atoms with Crippen molar-refractivity contribution in [3.8, 4) is 11.5 Å². The van der Waals surface area contributed by atoms with Crippen LogP contribution in [0.1, 0.15) is 31.2 Å². The Balaban J connectivity index is 2.09. The Morgan fingerprint density at radius 3 is 2.75 bits per heavy atom. The fourth-order valence-electron chi connectivity index (χ4n) is 2.47. The van der Waals surface area contributed by atoms with Crippen LogP contribution >= 0.6 is 11.8 Å². The molecule has 1 heterocycles. The van der Waals surface area contributed by atoms with Gasteiger partial charge >= 0.3 is 0 Å². The molecular weight excluding hydrogens is 270 g/mol. The van der Waals surface area contributed by atoms with Gasteiger partial charge in [0, 0.05) is 0 Å². The summed E-state index contributed by atoms with van der Waals surface area (Å²) in [6.07, 6.45) is 5.75. The number of para-hydroxylation sites is 1. The molecule has 4 heteroatoms. The summed E-state index contributed by atoms with van der Waals surface area (Å²) in [6.45, 7) is 0.750. The van der Waals surface area contributed by atoms with Gasteiger partial charge in [-0.2, -0.15) is 11.8 Å². The van der Waals surface area contributed by atoms with Crippen molar-refractivity contribution in [1.29, 1.82) is 0 Å². The van der Waals surface area contributed by atoms with Crippen LogP contribution in [0, 0.1) is 0 Å². The zero-order valence-corrected chi connectivity index (χ0v) is 13.1. The van der Waals surface area contributed by atoms with E-state index in [4.69, 9.17) is 15.2 Å². The molecule has 0 radical (unpaired) electrons. The third-order valence-corrected chi connectivity index (χ3v) is 4.68. The van der Waals surface area contributed by atoms with Crippen LogP contribution in [0.4, 0.5) is 0 Å². The minimum absolute atomic E-state index is 0.334. The van der Waals surface area contributed by atoms with E-state index >= 15 is 0 Å². The van der Waals surface area contributed by atoms with Gasteiger partial charge in [-0.05, 0) is 61.8 Å². The van der Waals surface area contributed by atoms with E-state index in [9.17, 15) is 0 Å². The van der Waals surface area contributed by atoms with Crippen molar-refractivity contribution in [2.45, 2.75) is 38.2 Å². The van der Waals surface area contributed by atoms with Gasteiger partial charge in [0.15, 0.2) is 11.5 Å². The van der Waals surface area contributed by atoms with Gasteiger partial charge in [-0.1, -0.05) is 12.1 Å². The van der Waals surface area contributed by atoms with Crippen molar-refractivity contribution in [2.75, 3.05) is 25.2 Å². The zero-order valence-electron chi connectivity index (χ0n) is 12.3. The molecule has 1 aromatic carbocycles. The molecule has 1 aliphatic rings. The Bertz CT molecular complexity index is 405. The first-order valence-corrected chi connectivity index (χ1v) is 8.61. The molecule has 2 rings (SSSR count). The minimum atomic E-state index is 0.334. The van der Waals surface area contributed by atoms with Crippen LogP contribution in [0.25, 0.3) is 0 Å². The fraction of sp³-hybridized carbons (Fsp3) is 0.625. The van der Waals surface area contributed by atoms with Crippen molar-refractivity contribution < 1.29 is 9.47 Å². The highest BCUT2D eigenvalue weighted by atomic mass is 32.2. The van der Waals surface area contributed by atoms with Crippen LogP contribution in [0.5, 0.6) is 11.5 Å². The second kappa shape index (κ2) is 8.42. The number of hydrogen-bond acceptors (Lipinski definition) is 4. The number of benzene rings is 1. The molecule has 1 aliphatic heterocycles. The summed E-state index contributed by atoms with van der Waals surface area (Å²) in [5.41, 5.74) is 6.82. The summed E-state index contributed by atoms with van der Waals surface area (Å²) in [4.78, 5) is 0. The van der Waals surface area contributed by atoms with Gasteiger partial charge in [-0.3, -0.25) is 0 Å². The lowest BCUT2D eigenvalue weighted by Gasteiger charge is -2.25. The number of unbranched alkanes of at least 4 members (excludes halogenated alkanes) is 1. The molecule has 2 N–H and O–H groups in total. The number of hydrogen-bond donors (Lipinski definition) is 1. The molecule has 1 aromatic rings. The summed E-state index contributed by atoms with van der Waals surface area (Å²) < 4.78 is 11.7. The second-order valence-corrected chi connectivity index (χ2v) is 6.35. The topological polar surface area (TPSA) is 44.5 Å². The van der Waals surface area contributed by atoms with Crippen molar-refractivity contribution in [3.05, 3.63) is 23.8 Å². The maximum absolute atomic E-state index is 6.27. The van der Waals surface area contributed by atoms with E-state index < -0.39 is 0 Å². The predicted octanol–water partition coefficient (Wildman–Crippen LogP) is 3.25. The number of rotatable bonds is 7. The van der Waals surface area contributed by atoms with E-state index in [1.807, 2.05) is 23.9 Å². The van der Waals surface area contributed by atoms with Crippen LogP contribution in [0.3, 0.4) is 0 Å². The van der Waals surface area contributed by atoms with Gasteiger partial charge in [0.2, 0.25) is 0 Å². The molecule has 0 unspecified atom stereocenters. The SMILES string of the molecule is COc1cccc(CCCCN)c1OC1CCSCC1. The first-order chi connectivity index (χ1) is 9.85. The average molecular weight is 295 g/mol. The van der Waals surface area contributed by atoms with Crippen molar-refractivity contribution >= 4 is 11.8 Å². The van der Waals surface area contributed by atoms with Crippen LogP contribution in [-0.4, -0.2) is 31.3 Å². The number of thioether (sulfide) groups is 1. The van der Waals surface area contributed by atoms with E-state index in [2.05, 4.69) is 6.07 Å². The number of ether oxygens (including phenoxy) is 2. The number of aryl methyl sites for hydroxylation is 1. The van der Waals surface area contributed by atoms with Crippen molar-refractivity contribution in [3.63, 3.8) is 0 Å². The average Bonchev–Trinajstić information content (AvgIpc) is 2.50. The highest BCUT2D eigenvalue weighted by molar-refractivity contribution is 7.99. The molecule has 0 amide bonds. The number of nitrogens with two attached hydrogens (primary N) is 1. The smallest absolute Gasteiger partial charge is 0.164 e. The van der Waals surface area contributed by atoms with Gasteiger partial charge in [-0.15, -0.1) is 0 Å². The lowest BCUT2D eigenvalue weighted by molar-refractivity contribution is 0.182. The Morgan fingerprint density at radius 1 is 1.25 bits per heavy atom. The molecule has 3 nitrogen and oxygen atoms in total. The monoisotopic (exact) mass is 295 g/mol. The van der Waals surface area contributed by atoms with Crippen LogP contribution in [0.15, 0.2) is 18.2 Å². The molecule has 0 spiro atoms. The Labute approximate surface area is 126 Å². The van der Waals surface area contributed by atoms with Crippen LogP contribution in [0.2, 0.25) is 0 Å². The molecule has 0 saturated carbocycles. The van der Waals surface area contributed by atoms with Crippen LogP contribution < -0.4 is 15.2 Å². The molecule has 0 bridgehead atoms. The molecule has 1 saturated heterocycles. The third kappa shape index (κ3) is 4.32. The van der Waals surface area contributed by atoms with Gasteiger partial charge < -0.3 is 15.2 Å². The molecular formula is C16H25NO2S. The second-order valence-electron chi connectivity index (χ2n) is 5.12. The Kier molecular flexibility index (Phi) is 6.54. The van der Waals surface area contributed by atoms with Crippen molar-refractivity contribution in [2.24, 2.45) is 5.73 Å². The third-order valence-electron chi connectivity index (χ3n) is 3.63. The molecule has 0 aromatic heterocycles. The summed E-state index contributed by atoms with van der Waals surface area (Å²) in [6, 6.07) is 6.17. The maximum atomic E-state index is 6.27. The summed E-state index contributed by atoms with van der Waals surface area (Å²) >= 11 is 2.02. The largest absolute Gasteiger partial charge is 0.493 e. The summed E-state index contributed by atoms with van der Waals surface area (Å²) in [5.74, 6) is 4.20. The Morgan fingerprint density at radius 2 is 2.05 bits per heavy atom. The molecule has 20 heavy (non-hydrogen) atoms. The molecule has 0 aliphatic carbocycles. The normalized spacial score (nSPS) is 16.1. The van der Waals surface area contributed by atoms with E-state index in [0.717, 1.165) is 50.1 Å². The van der Waals surface area contributed by atoms with Gasteiger partial charge in [0.25, 0.3) is 0 Å². The van der Waals surface area contributed by atoms with Crippen molar-refractivity contribution in [1.82, 2.24) is 0 Å². The van der Waals surface area contributed by atoms with E-state index in [0.29, 0.717) is 6.10 Å². The van der Waals surface area contributed by atoms with E-state index in [1.165, 1.54) is 17.1 Å². The van der Waals surface area contributed by atoms with Gasteiger partial charge in [-0.25, -0.2) is 0 Å². The zero-order chi connectivity index (χ0) is 14.2. The molecule has 112 valence electrons. The predicted molar refractivity (Wildman–Crippen MR) is 86.0 cm³/mol. The lowest BCUT2D eigenvalue weighted by Crippen LogP contribution is -2.23. The van der Waals surface area contributed by atoms with Gasteiger partial charge in [0.1, 0.15) is 6.10 Å². The standard InChI is InChI=1S/C16H25NO2S/c1-18-15-7-4-6-13(5-2-3-10-17)16(15)19-14-8-11-20-12-9-14/h4,6-7,14H,2-3,5,8-12,17H2,1H3. The lowest BCUT2D eigenvalue weighted by atomic mass is 10.1. The number of methoxy groups -OCH3 is 1. The Hall–Kier alpha value is -0.870. The highest BCUT2D eigenvalue weighted by Crippen LogP contribution is 2.34. The maximum Gasteiger partial charge on any atom is 0.164 e. The molecule has 1 fully saturated rings. The van der Waals surface area contributed by atoms with E-state index in [-0.39, 0.29) is 0 Å². The van der Waals surface area contributed by atoms with Crippen LogP contribution in [-0.2, 0) is 6.42 Å². The highest BCUT2D eigenvalue weighted by Gasteiger charge is 2.19. The minimum Gasteiger partial charge on any atom is -0.493 e. The quantitative estimate of drug-likeness (QED) is 0.784. The van der Waals surface area contributed by atoms with Gasteiger partial charge in [0.05, 0.1) is 7.11 Å². The first-order valence-electron chi connectivity index (χ1n) is 7.45. The summed E-state index contributed by atoms with van der Waals surface area (Å²) in [5, 5.41) is 0. The summed E-state index contributed by atoms with van der Waals surface area (Å²) in [7, 11) is 1.71.